The number of hydrogen-bond donors (Lipinski definition) is 1. The Hall–Kier alpha value is -2.87. The van der Waals surface area contributed by atoms with E-state index in [2.05, 4.69) is 0 Å². The summed E-state index contributed by atoms with van der Waals surface area (Å²) in [5.74, 6) is 0.0375. The van der Waals surface area contributed by atoms with E-state index < -0.39 is 15.8 Å². The maximum absolute atomic E-state index is 14.4. The molecule has 3 aromatic carbocycles. The van der Waals surface area contributed by atoms with Crippen molar-refractivity contribution >= 4 is 39.0 Å². The molecule has 0 saturated carbocycles. The Morgan fingerprint density at radius 1 is 1.21 bits per heavy atom. The zero-order chi connectivity index (χ0) is 24.5. The highest BCUT2D eigenvalue weighted by Gasteiger charge is 2.34. The third-order valence-electron chi connectivity index (χ3n) is 5.72. The molecule has 0 spiro atoms. The van der Waals surface area contributed by atoms with E-state index in [0.717, 1.165) is 5.56 Å². The standard InChI is InChI=1S/C26H26ClFN2O3S/c1-17-5-3-6-21(13-17)34(31,32)30-16-20(11-12-29)33-25-10-9-19(15-24(25)30)14-18(2)26-22(27)7-4-8-23(26)28/h3-10,13-15,20H,11-12,16,29H2,1-2H3/b18-14+/t20-/m0/s1. The molecule has 0 radical (unpaired) electrons. The van der Waals surface area contributed by atoms with Crippen LogP contribution in [-0.4, -0.2) is 27.6 Å². The molecule has 5 nitrogen and oxygen atoms in total. The molecule has 0 saturated heterocycles. The lowest BCUT2D eigenvalue weighted by molar-refractivity contribution is 0.192. The zero-order valence-electron chi connectivity index (χ0n) is 19.0. The van der Waals surface area contributed by atoms with E-state index in [4.69, 9.17) is 22.1 Å². The van der Waals surface area contributed by atoms with Crippen molar-refractivity contribution in [3.63, 3.8) is 0 Å². The lowest BCUT2D eigenvalue weighted by atomic mass is 10.0. The van der Waals surface area contributed by atoms with Crippen molar-refractivity contribution < 1.29 is 17.5 Å². The molecule has 1 atom stereocenters. The van der Waals surface area contributed by atoms with Gasteiger partial charge in [0.2, 0.25) is 0 Å². The van der Waals surface area contributed by atoms with Gasteiger partial charge in [0, 0.05) is 5.56 Å². The number of anilines is 1. The number of nitrogens with zero attached hydrogens (tertiary/aromatic N) is 1. The smallest absolute Gasteiger partial charge is 0.264 e. The summed E-state index contributed by atoms with van der Waals surface area (Å²) in [5, 5.41) is 0.309. The molecule has 0 aromatic heterocycles. The molecule has 4 rings (SSSR count). The van der Waals surface area contributed by atoms with Gasteiger partial charge in [0.05, 0.1) is 22.2 Å². The SMILES string of the molecule is C/C(=C\c1ccc2c(c1)N(S(=O)(=O)c1cccc(C)c1)C[C@H](CCN)O2)c1c(F)cccc1Cl. The molecule has 1 heterocycles. The predicted molar refractivity (Wildman–Crippen MR) is 135 cm³/mol. The van der Waals surface area contributed by atoms with Crippen molar-refractivity contribution in [3.05, 3.63) is 88.2 Å². The van der Waals surface area contributed by atoms with E-state index in [9.17, 15) is 12.8 Å². The highest BCUT2D eigenvalue weighted by atomic mass is 35.5. The van der Waals surface area contributed by atoms with Crippen molar-refractivity contribution in [2.75, 3.05) is 17.4 Å². The van der Waals surface area contributed by atoms with Gasteiger partial charge < -0.3 is 10.5 Å². The summed E-state index contributed by atoms with van der Waals surface area (Å²) in [6.45, 7) is 4.13. The van der Waals surface area contributed by atoms with Gasteiger partial charge in [-0.1, -0.05) is 41.9 Å². The number of aryl methyl sites for hydroxylation is 1. The highest BCUT2D eigenvalue weighted by molar-refractivity contribution is 7.92. The molecule has 0 amide bonds. The summed E-state index contributed by atoms with van der Waals surface area (Å²) in [7, 11) is -3.85. The van der Waals surface area contributed by atoms with Crippen LogP contribution in [0.4, 0.5) is 10.1 Å². The minimum Gasteiger partial charge on any atom is -0.486 e. The van der Waals surface area contributed by atoms with Crippen molar-refractivity contribution in [1.82, 2.24) is 0 Å². The fourth-order valence-corrected chi connectivity index (χ4v) is 6.00. The average Bonchev–Trinajstić information content (AvgIpc) is 2.79. The summed E-state index contributed by atoms with van der Waals surface area (Å²) in [4.78, 5) is 0.210. The fourth-order valence-electron chi connectivity index (χ4n) is 4.08. The summed E-state index contributed by atoms with van der Waals surface area (Å²) >= 11 is 6.22. The van der Waals surface area contributed by atoms with Gasteiger partial charge in [0.1, 0.15) is 17.7 Å². The van der Waals surface area contributed by atoms with E-state index >= 15 is 0 Å². The molecule has 0 bridgehead atoms. The number of ether oxygens (including phenoxy) is 1. The van der Waals surface area contributed by atoms with E-state index in [1.807, 2.05) is 13.0 Å². The Morgan fingerprint density at radius 2 is 1.97 bits per heavy atom. The number of fused-ring (bicyclic) bond motifs is 1. The third-order valence-corrected chi connectivity index (χ3v) is 7.81. The molecular weight excluding hydrogens is 475 g/mol. The summed E-state index contributed by atoms with van der Waals surface area (Å²) in [6.07, 6.45) is 1.93. The van der Waals surface area contributed by atoms with Crippen LogP contribution in [-0.2, 0) is 10.0 Å². The van der Waals surface area contributed by atoms with Crippen LogP contribution in [0.25, 0.3) is 11.6 Å². The van der Waals surface area contributed by atoms with Gasteiger partial charge in [-0.05, 0) is 79.9 Å². The Kier molecular flexibility index (Phi) is 6.98. The molecule has 3 aromatic rings. The quantitative estimate of drug-likeness (QED) is 0.444. The van der Waals surface area contributed by atoms with Crippen LogP contribution in [0, 0.1) is 12.7 Å². The van der Waals surface area contributed by atoms with Crippen LogP contribution in [0.15, 0.2) is 65.6 Å². The minimum absolute atomic E-state index is 0.145. The van der Waals surface area contributed by atoms with Crippen molar-refractivity contribution in [2.24, 2.45) is 5.73 Å². The second kappa shape index (κ2) is 9.78. The molecule has 0 fully saturated rings. The van der Waals surface area contributed by atoms with Crippen LogP contribution in [0.2, 0.25) is 5.02 Å². The minimum atomic E-state index is -3.85. The molecular formula is C26H26ClFN2O3S. The first-order valence-corrected chi connectivity index (χ1v) is 12.8. The van der Waals surface area contributed by atoms with Crippen LogP contribution in [0.3, 0.4) is 0 Å². The van der Waals surface area contributed by atoms with Gasteiger partial charge in [-0.2, -0.15) is 0 Å². The molecule has 34 heavy (non-hydrogen) atoms. The van der Waals surface area contributed by atoms with E-state index in [1.165, 1.54) is 10.4 Å². The fraction of sp³-hybridized carbons (Fsp3) is 0.231. The second-order valence-corrected chi connectivity index (χ2v) is 10.6. The molecule has 1 aliphatic rings. The number of sulfonamides is 1. The molecule has 1 aliphatic heterocycles. The van der Waals surface area contributed by atoms with Crippen LogP contribution in [0.1, 0.15) is 30.0 Å². The molecule has 0 unspecified atom stereocenters. The van der Waals surface area contributed by atoms with Gasteiger partial charge in [-0.3, -0.25) is 4.31 Å². The largest absolute Gasteiger partial charge is 0.486 e. The lowest BCUT2D eigenvalue weighted by Crippen LogP contribution is -2.44. The Bertz CT molecular complexity index is 1340. The summed E-state index contributed by atoms with van der Waals surface area (Å²) in [5.41, 5.74) is 8.63. The zero-order valence-corrected chi connectivity index (χ0v) is 20.5. The molecule has 8 heteroatoms. The second-order valence-electron chi connectivity index (χ2n) is 8.32. The van der Waals surface area contributed by atoms with Gasteiger partial charge in [0.15, 0.2) is 0 Å². The van der Waals surface area contributed by atoms with Crippen molar-refractivity contribution in [2.45, 2.75) is 31.3 Å². The van der Waals surface area contributed by atoms with E-state index in [1.54, 1.807) is 61.5 Å². The van der Waals surface area contributed by atoms with E-state index in [0.29, 0.717) is 46.1 Å². The number of hydrogen-bond acceptors (Lipinski definition) is 4. The number of rotatable bonds is 6. The first kappa shape index (κ1) is 24.3. The van der Waals surface area contributed by atoms with Crippen LogP contribution >= 0.6 is 11.6 Å². The van der Waals surface area contributed by atoms with Crippen LogP contribution in [0.5, 0.6) is 5.75 Å². The van der Waals surface area contributed by atoms with Gasteiger partial charge in [0.25, 0.3) is 10.0 Å². The normalized spacial score (nSPS) is 16.2. The summed E-state index contributed by atoms with van der Waals surface area (Å²) < 4.78 is 49.1. The maximum Gasteiger partial charge on any atom is 0.264 e. The first-order chi connectivity index (χ1) is 16.2. The predicted octanol–water partition coefficient (Wildman–Crippen LogP) is 5.65. The Labute approximate surface area is 204 Å². The van der Waals surface area contributed by atoms with Gasteiger partial charge >= 0.3 is 0 Å². The Balaban J connectivity index is 1.80. The topological polar surface area (TPSA) is 72.6 Å². The lowest BCUT2D eigenvalue weighted by Gasteiger charge is -2.35. The van der Waals surface area contributed by atoms with Crippen molar-refractivity contribution in [3.8, 4) is 5.75 Å². The van der Waals surface area contributed by atoms with Gasteiger partial charge in [-0.25, -0.2) is 12.8 Å². The molecule has 0 aliphatic carbocycles. The molecule has 178 valence electrons. The maximum atomic E-state index is 14.4. The number of nitrogens with two attached hydrogens (primary N) is 1. The summed E-state index contributed by atoms with van der Waals surface area (Å²) in [6, 6.07) is 16.6. The highest BCUT2D eigenvalue weighted by Crippen LogP contribution is 2.39. The van der Waals surface area contributed by atoms with Crippen LogP contribution < -0.4 is 14.8 Å². The van der Waals surface area contributed by atoms with E-state index in [-0.39, 0.29) is 17.5 Å². The molecule has 2 N–H and O–H groups in total. The first-order valence-electron chi connectivity index (χ1n) is 10.9. The van der Waals surface area contributed by atoms with Crippen molar-refractivity contribution in [1.29, 1.82) is 0 Å². The number of benzene rings is 3. The number of halogens is 2. The van der Waals surface area contributed by atoms with Gasteiger partial charge in [-0.15, -0.1) is 0 Å². The average molecular weight is 501 g/mol. The Morgan fingerprint density at radius 3 is 2.68 bits per heavy atom. The third kappa shape index (κ3) is 4.82. The number of allylic oxidation sites excluding steroid dienone is 1. The monoisotopic (exact) mass is 500 g/mol.